The summed E-state index contributed by atoms with van der Waals surface area (Å²) >= 11 is 0. The number of benzene rings is 2. The lowest BCUT2D eigenvalue weighted by molar-refractivity contribution is 0.101. The van der Waals surface area contributed by atoms with Crippen molar-refractivity contribution >= 4 is 33.5 Å². The van der Waals surface area contributed by atoms with Gasteiger partial charge in [-0.05, 0) is 24.3 Å². The van der Waals surface area contributed by atoms with E-state index in [2.05, 4.69) is 10.3 Å². The average Bonchev–Trinajstić information content (AvgIpc) is 3.11. The molecule has 2 heterocycles. The van der Waals surface area contributed by atoms with Crippen LogP contribution in [0.15, 0.2) is 59.1 Å². The van der Waals surface area contributed by atoms with Gasteiger partial charge in [-0.3, -0.25) is 4.79 Å². The Morgan fingerprint density at radius 2 is 1.90 bits per heavy atom. The van der Waals surface area contributed by atoms with Crippen LogP contribution in [0.1, 0.15) is 10.4 Å². The minimum atomic E-state index is -0.362. The van der Waals surface area contributed by atoms with Crippen molar-refractivity contribution < 1.29 is 23.4 Å². The summed E-state index contributed by atoms with van der Waals surface area (Å²) in [7, 11) is 3.14. The van der Waals surface area contributed by atoms with E-state index < -0.39 is 0 Å². The Morgan fingerprint density at radius 1 is 1.03 bits per heavy atom. The normalized spacial score (nSPS) is 11.0. The molecular formula is C22H20N2O5. The highest BCUT2D eigenvalue weighted by molar-refractivity contribution is 6.10. The number of anilines is 1. The summed E-state index contributed by atoms with van der Waals surface area (Å²) in [5, 5.41) is 4.77. The maximum Gasteiger partial charge on any atom is 0.261 e. The van der Waals surface area contributed by atoms with Gasteiger partial charge < -0.3 is 23.9 Å². The second-order valence-electron chi connectivity index (χ2n) is 6.30. The molecule has 148 valence electrons. The fraction of sp³-hybridized carbons (Fsp3) is 0.182. The van der Waals surface area contributed by atoms with Gasteiger partial charge in [-0.1, -0.05) is 18.2 Å². The lowest BCUT2D eigenvalue weighted by Gasteiger charge is -2.12. The number of hydrogen-bond donors (Lipinski definition) is 1. The number of carbonyl (C=O) groups excluding carboxylic acids is 1. The lowest BCUT2D eigenvalue weighted by atomic mass is 10.1. The molecule has 7 nitrogen and oxygen atoms in total. The molecule has 0 saturated carbocycles. The standard InChI is InChI=1S/C22H20N2O5/c1-26-10-11-28-22-15(7-5-9-23-22)21(25)24-17-13-19-16(12-20(17)27-2)14-6-3-4-8-18(14)29-19/h3-9,12-13H,10-11H2,1-2H3,(H,24,25). The number of fused-ring (bicyclic) bond motifs is 3. The Kier molecular flexibility index (Phi) is 5.31. The number of carbonyl (C=O) groups is 1. The lowest BCUT2D eigenvalue weighted by Crippen LogP contribution is -2.16. The van der Waals surface area contributed by atoms with E-state index in [4.69, 9.17) is 18.6 Å². The molecule has 0 aliphatic rings. The number of nitrogens with one attached hydrogen (secondary N) is 1. The summed E-state index contributed by atoms with van der Waals surface area (Å²) in [6.07, 6.45) is 1.57. The number of para-hydroxylation sites is 1. The number of rotatable bonds is 7. The van der Waals surface area contributed by atoms with Crippen LogP contribution in [0.5, 0.6) is 11.6 Å². The Hall–Kier alpha value is -3.58. The molecule has 1 N–H and O–H groups in total. The van der Waals surface area contributed by atoms with Crippen LogP contribution in [0.3, 0.4) is 0 Å². The first kappa shape index (κ1) is 18.8. The van der Waals surface area contributed by atoms with Crippen molar-refractivity contribution in [1.29, 1.82) is 0 Å². The van der Waals surface area contributed by atoms with Gasteiger partial charge >= 0.3 is 0 Å². The summed E-state index contributed by atoms with van der Waals surface area (Å²) in [6, 6.07) is 14.7. The van der Waals surface area contributed by atoms with Crippen LogP contribution in [0, 0.1) is 0 Å². The van der Waals surface area contributed by atoms with Gasteiger partial charge in [-0.15, -0.1) is 0 Å². The average molecular weight is 392 g/mol. The molecule has 0 aliphatic carbocycles. The summed E-state index contributed by atoms with van der Waals surface area (Å²) in [6.45, 7) is 0.691. The first-order valence-electron chi connectivity index (χ1n) is 9.08. The van der Waals surface area contributed by atoms with Crippen LogP contribution < -0.4 is 14.8 Å². The highest BCUT2D eigenvalue weighted by Crippen LogP contribution is 2.36. The molecule has 0 saturated heterocycles. The van der Waals surface area contributed by atoms with E-state index >= 15 is 0 Å². The molecule has 29 heavy (non-hydrogen) atoms. The summed E-state index contributed by atoms with van der Waals surface area (Å²) in [5.41, 5.74) is 2.24. The molecule has 0 spiro atoms. The van der Waals surface area contributed by atoms with Crippen molar-refractivity contribution in [3.05, 3.63) is 60.3 Å². The van der Waals surface area contributed by atoms with Gasteiger partial charge in [0.25, 0.3) is 5.91 Å². The van der Waals surface area contributed by atoms with Gasteiger partial charge in [0.05, 0.1) is 19.4 Å². The monoisotopic (exact) mass is 392 g/mol. The minimum absolute atomic E-state index is 0.242. The second kappa shape index (κ2) is 8.20. The van der Waals surface area contributed by atoms with E-state index in [1.54, 1.807) is 38.6 Å². The number of ether oxygens (including phenoxy) is 3. The van der Waals surface area contributed by atoms with Gasteiger partial charge in [-0.2, -0.15) is 0 Å². The molecule has 2 aromatic carbocycles. The van der Waals surface area contributed by atoms with E-state index in [-0.39, 0.29) is 11.8 Å². The quantitative estimate of drug-likeness (QED) is 0.473. The highest BCUT2D eigenvalue weighted by atomic mass is 16.5. The zero-order valence-corrected chi connectivity index (χ0v) is 16.1. The summed E-state index contributed by atoms with van der Waals surface area (Å²) in [4.78, 5) is 17.0. The molecule has 7 heteroatoms. The van der Waals surface area contributed by atoms with Crippen LogP contribution in [0.4, 0.5) is 5.69 Å². The third-order valence-electron chi connectivity index (χ3n) is 4.49. The highest BCUT2D eigenvalue weighted by Gasteiger charge is 2.18. The maximum atomic E-state index is 12.9. The third-order valence-corrected chi connectivity index (χ3v) is 4.49. The smallest absolute Gasteiger partial charge is 0.261 e. The van der Waals surface area contributed by atoms with Crippen molar-refractivity contribution in [2.24, 2.45) is 0 Å². The van der Waals surface area contributed by atoms with Crippen LogP contribution >= 0.6 is 0 Å². The van der Waals surface area contributed by atoms with Crippen LogP contribution in [-0.4, -0.2) is 38.3 Å². The zero-order chi connectivity index (χ0) is 20.2. The third kappa shape index (κ3) is 3.72. The number of hydrogen-bond acceptors (Lipinski definition) is 6. The van der Waals surface area contributed by atoms with E-state index in [0.717, 1.165) is 16.4 Å². The SMILES string of the molecule is COCCOc1ncccc1C(=O)Nc1cc2oc3ccccc3c2cc1OC. The topological polar surface area (TPSA) is 82.8 Å². The molecule has 0 bridgehead atoms. The van der Waals surface area contributed by atoms with Gasteiger partial charge in [-0.25, -0.2) is 4.98 Å². The van der Waals surface area contributed by atoms with E-state index in [1.807, 2.05) is 30.3 Å². The first-order chi connectivity index (χ1) is 14.2. The van der Waals surface area contributed by atoms with Gasteiger partial charge in [0.2, 0.25) is 5.88 Å². The number of methoxy groups -OCH3 is 2. The van der Waals surface area contributed by atoms with Crippen molar-refractivity contribution in [3.8, 4) is 11.6 Å². The molecule has 0 radical (unpaired) electrons. The predicted octanol–water partition coefficient (Wildman–Crippen LogP) is 4.27. The fourth-order valence-corrected chi connectivity index (χ4v) is 3.11. The maximum absolute atomic E-state index is 12.9. The molecule has 0 atom stereocenters. The second-order valence-corrected chi connectivity index (χ2v) is 6.30. The van der Waals surface area contributed by atoms with Crippen LogP contribution in [0.25, 0.3) is 21.9 Å². The number of aromatic nitrogens is 1. The molecule has 0 fully saturated rings. The summed E-state index contributed by atoms with van der Waals surface area (Å²) in [5.74, 6) is 0.410. The Labute approximate surface area is 167 Å². The Morgan fingerprint density at radius 3 is 2.72 bits per heavy atom. The molecule has 0 aliphatic heterocycles. The largest absolute Gasteiger partial charge is 0.495 e. The molecule has 1 amide bonds. The molecule has 0 unspecified atom stereocenters. The van der Waals surface area contributed by atoms with Gasteiger partial charge in [0.15, 0.2) is 0 Å². The molecule has 2 aromatic heterocycles. The number of furan rings is 1. The molecule has 4 aromatic rings. The van der Waals surface area contributed by atoms with Gasteiger partial charge in [0, 0.05) is 30.1 Å². The van der Waals surface area contributed by atoms with Crippen molar-refractivity contribution in [3.63, 3.8) is 0 Å². The van der Waals surface area contributed by atoms with E-state index in [1.165, 1.54) is 0 Å². The van der Waals surface area contributed by atoms with Crippen molar-refractivity contribution in [2.75, 3.05) is 32.8 Å². The minimum Gasteiger partial charge on any atom is -0.495 e. The summed E-state index contributed by atoms with van der Waals surface area (Å²) < 4.78 is 21.9. The van der Waals surface area contributed by atoms with Gasteiger partial charge in [0.1, 0.15) is 29.1 Å². The van der Waals surface area contributed by atoms with Crippen molar-refractivity contribution in [2.45, 2.75) is 0 Å². The number of pyridine rings is 1. The van der Waals surface area contributed by atoms with E-state index in [9.17, 15) is 4.79 Å². The number of amides is 1. The first-order valence-corrected chi connectivity index (χ1v) is 9.08. The van der Waals surface area contributed by atoms with Crippen LogP contribution in [0.2, 0.25) is 0 Å². The Bertz CT molecular complexity index is 1170. The Balaban J connectivity index is 1.67. The molecular weight excluding hydrogens is 372 g/mol. The predicted molar refractivity (Wildman–Crippen MR) is 110 cm³/mol. The number of nitrogens with zero attached hydrogens (tertiary/aromatic N) is 1. The fourth-order valence-electron chi connectivity index (χ4n) is 3.11. The van der Waals surface area contributed by atoms with Crippen molar-refractivity contribution in [1.82, 2.24) is 4.98 Å². The zero-order valence-electron chi connectivity index (χ0n) is 16.1. The molecule has 4 rings (SSSR count). The van der Waals surface area contributed by atoms with Crippen LogP contribution in [-0.2, 0) is 4.74 Å². The van der Waals surface area contributed by atoms with E-state index in [0.29, 0.717) is 35.8 Å².